The van der Waals surface area contributed by atoms with Crippen LogP contribution in [0, 0.1) is 5.92 Å². The lowest BCUT2D eigenvalue weighted by molar-refractivity contribution is -0.145. The van der Waals surface area contributed by atoms with Gasteiger partial charge in [-0.25, -0.2) is 4.79 Å². The number of hydrogen-bond acceptors (Lipinski definition) is 7. The van der Waals surface area contributed by atoms with Gasteiger partial charge in [-0.15, -0.1) is 0 Å². The van der Waals surface area contributed by atoms with Crippen molar-refractivity contribution in [3.05, 3.63) is 76.0 Å². The third-order valence-electron chi connectivity index (χ3n) is 6.43. The van der Waals surface area contributed by atoms with Gasteiger partial charge in [0.05, 0.1) is 25.9 Å². The normalized spacial score (nSPS) is 20.8. The number of carbonyl (C=O) groups is 2. The Balaban J connectivity index is 1.50. The number of epoxide rings is 1. The molecule has 7 nitrogen and oxygen atoms in total. The molecule has 2 aliphatic heterocycles. The molecular formula is C28H27ClF3NO6. The standard InChI is InChI=1S/C28H27ClF3NO6/c1-16-22(27(35)37-13-5-6-17-9-11-18(12-10-17)38-14-19-15-39-19)23(20-7-3-4-8-21(20)29)24(26(34)36-2)25(33-16)28(30,31)32/h3-4,7-12,19,23-24H,5-6,13-15H2,1-2H3. The number of nitrogens with zero attached hydrogens (tertiary/aromatic N) is 1. The Morgan fingerprint density at radius 2 is 1.82 bits per heavy atom. The summed E-state index contributed by atoms with van der Waals surface area (Å²) in [5, 5.41) is 0.0926. The molecule has 0 radical (unpaired) electrons. The van der Waals surface area contributed by atoms with E-state index in [-0.39, 0.29) is 34.6 Å². The molecule has 0 N–H and O–H groups in total. The van der Waals surface area contributed by atoms with Gasteiger partial charge in [-0.05, 0) is 49.1 Å². The first kappa shape index (κ1) is 28.6. The fourth-order valence-electron chi connectivity index (χ4n) is 4.44. The van der Waals surface area contributed by atoms with Crippen molar-refractivity contribution in [2.75, 3.05) is 26.9 Å². The van der Waals surface area contributed by atoms with Gasteiger partial charge in [-0.3, -0.25) is 9.79 Å². The molecular weight excluding hydrogens is 539 g/mol. The Kier molecular flexibility index (Phi) is 8.97. The van der Waals surface area contributed by atoms with Crippen molar-refractivity contribution in [1.29, 1.82) is 0 Å². The minimum absolute atomic E-state index is 0.000852. The van der Waals surface area contributed by atoms with Crippen LogP contribution in [0.3, 0.4) is 0 Å². The van der Waals surface area contributed by atoms with Gasteiger partial charge in [0.1, 0.15) is 30.1 Å². The zero-order valence-corrected chi connectivity index (χ0v) is 22.1. The van der Waals surface area contributed by atoms with Crippen molar-refractivity contribution in [2.24, 2.45) is 10.9 Å². The predicted molar refractivity (Wildman–Crippen MR) is 137 cm³/mol. The lowest BCUT2D eigenvalue weighted by Gasteiger charge is -2.33. The zero-order chi connectivity index (χ0) is 28.2. The molecule has 0 saturated carbocycles. The lowest BCUT2D eigenvalue weighted by Crippen LogP contribution is -2.43. The van der Waals surface area contributed by atoms with Gasteiger partial charge in [0.2, 0.25) is 0 Å². The topological polar surface area (TPSA) is 86.7 Å². The van der Waals surface area contributed by atoms with Crippen LogP contribution in [0.15, 0.2) is 64.8 Å². The number of aryl methyl sites for hydroxylation is 1. The van der Waals surface area contributed by atoms with Crippen LogP contribution in [0.2, 0.25) is 5.02 Å². The molecule has 0 aromatic heterocycles. The van der Waals surface area contributed by atoms with Gasteiger partial charge in [-0.2, -0.15) is 13.2 Å². The van der Waals surface area contributed by atoms with Gasteiger partial charge in [0.25, 0.3) is 0 Å². The Morgan fingerprint density at radius 3 is 2.44 bits per heavy atom. The van der Waals surface area contributed by atoms with Crippen molar-refractivity contribution in [3.63, 3.8) is 0 Å². The highest BCUT2D eigenvalue weighted by molar-refractivity contribution is 6.31. The van der Waals surface area contributed by atoms with Crippen molar-refractivity contribution in [1.82, 2.24) is 0 Å². The van der Waals surface area contributed by atoms with Crippen molar-refractivity contribution in [2.45, 2.75) is 38.0 Å². The van der Waals surface area contributed by atoms with E-state index in [0.29, 0.717) is 26.1 Å². The molecule has 39 heavy (non-hydrogen) atoms. The fraction of sp³-hybridized carbons (Fsp3) is 0.393. The van der Waals surface area contributed by atoms with Gasteiger partial charge in [0, 0.05) is 16.6 Å². The SMILES string of the molecule is COC(=O)C1C(C(F)(F)F)=NC(C)=C(C(=O)OCCCc2ccc(OCC3CO3)cc2)C1c1ccccc1Cl. The molecule has 2 aromatic rings. The number of halogens is 4. The van der Waals surface area contributed by atoms with Crippen LogP contribution in [-0.2, 0) is 30.2 Å². The average molecular weight is 566 g/mol. The molecule has 3 unspecified atom stereocenters. The minimum atomic E-state index is -4.94. The van der Waals surface area contributed by atoms with E-state index in [1.807, 2.05) is 24.3 Å². The van der Waals surface area contributed by atoms with Gasteiger partial charge >= 0.3 is 18.1 Å². The Hall–Kier alpha value is -3.37. The molecule has 2 heterocycles. The average Bonchev–Trinajstić information content (AvgIpc) is 3.74. The maximum absolute atomic E-state index is 14.0. The molecule has 0 amide bonds. The minimum Gasteiger partial charge on any atom is -0.491 e. The van der Waals surface area contributed by atoms with Crippen LogP contribution in [0.5, 0.6) is 5.75 Å². The van der Waals surface area contributed by atoms with E-state index in [1.165, 1.54) is 19.1 Å². The van der Waals surface area contributed by atoms with E-state index < -0.39 is 35.7 Å². The number of alkyl halides is 3. The number of allylic oxidation sites excluding steroid dienone is 1. The number of aliphatic imine (C=N–C) groups is 1. The van der Waals surface area contributed by atoms with Crippen LogP contribution in [0.1, 0.15) is 30.4 Å². The molecule has 0 bridgehead atoms. The first-order chi connectivity index (χ1) is 18.6. The smallest absolute Gasteiger partial charge is 0.430 e. The predicted octanol–water partition coefficient (Wildman–Crippen LogP) is 5.46. The molecule has 11 heteroatoms. The van der Waals surface area contributed by atoms with E-state index in [0.717, 1.165) is 18.4 Å². The monoisotopic (exact) mass is 565 g/mol. The van der Waals surface area contributed by atoms with Gasteiger partial charge in [0.15, 0.2) is 0 Å². The van der Waals surface area contributed by atoms with E-state index >= 15 is 0 Å². The highest BCUT2D eigenvalue weighted by atomic mass is 35.5. The summed E-state index contributed by atoms with van der Waals surface area (Å²) in [5.74, 6) is -4.67. The van der Waals surface area contributed by atoms with E-state index in [1.54, 1.807) is 12.1 Å². The Labute approximate surface area is 228 Å². The Morgan fingerprint density at radius 1 is 1.13 bits per heavy atom. The third kappa shape index (κ3) is 6.99. The number of esters is 2. The fourth-order valence-corrected chi connectivity index (χ4v) is 4.69. The van der Waals surface area contributed by atoms with E-state index in [9.17, 15) is 22.8 Å². The molecule has 4 rings (SSSR count). The van der Waals surface area contributed by atoms with Crippen molar-refractivity contribution in [3.8, 4) is 5.75 Å². The lowest BCUT2D eigenvalue weighted by atomic mass is 9.75. The number of carbonyl (C=O) groups excluding carboxylic acids is 2. The van der Waals surface area contributed by atoms with Crippen LogP contribution in [-0.4, -0.2) is 56.9 Å². The highest BCUT2D eigenvalue weighted by Crippen LogP contribution is 2.45. The Bertz CT molecular complexity index is 1270. The zero-order valence-electron chi connectivity index (χ0n) is 21.3. The molecule has 1 saturated heterocycles. The second kappa shape index (κ2) is 12.2. The van der Waals surface area contributed by atoms with Gasteiger partial charge in [-0.1, -0.05) is 41.9 Å². The van der Waals surface area contributed by atoms with Crippen LogP contribution in [0.25, 0.3) is 0 Å². The van der Waals surface area contributed by atoms with Crippen LogP contribution in [0.4, 0.5) is 13.2 Å². The summed E-state index contributed by atoms with van der Waals surface area (Å²) >= 11 is 6.33. The summed E-state index contributed by atoms with van der Waals surface area (Å²) in [6.45, 7) is 2.50. The van der Waals surface area contributed by atoms with Crippen LogP contribution >= 0.6 is 11.6 Å². The second-order valence-corrected chi connectivity index (χ2v) is 9.55. The van der Waals surface area contributed by atoms with Crippen molar-refractivity contribution < 1.29 is 41.7 Å². The molecule has 0 spiro atoms. The molecule has 0 aliphatic carbocycles. The maximum Gasteiger partial charge on any atom is 0.430 e. The summed E-state index contributed by atoms with van der Waals surface area (Å²) in [6.07, 6.45) is -3.73. The molecule has 1 fully saturated rings. The number of methoxy groups -OCH3 is 1. The van der Waals surface area contributed by atoms with Crippen LogP contribution < -0.4 is 4.74 Å². The molecule has 2 aromatic carbocycles. The van der Waals surface area contributed by atoms with E-state index in [4.69, 9.17) is 30.5 Å². The third-order valence-corrected chi connectivity index (χ3v) is 6.77. The summed E-state index contributed by atoms with van der Waals surface area (Å²) in [6, 6.07) is 13.6. The number of hydrogen-bond donors (Lipinski definition) is 0. The number of benzene rings is 2. The maximum atomic E-state index is 14.0. The summed E-state index contributed by atoms with van der Waals surface area (Å²) < 4.78 is 62.8. The molecule has 2 aliphatic rings. The van der Waals surface area contributed by atoms with Crippen molar-refractivity contribution >= 4 is 29.3 Å². The number of rotatable bonds is 10. The summed E-state index contributed by atoms with van der Waals surface area (Å²) in [4.78, 5) is 29.6. The highest BCUT2D eigenvalue weighted by Gasteiger charge is 2.53. The first-order valence-corrected chi connectivity index (χ1v) is 12.7. The first-order valence-electron chi connectivity index (χ1n) is 12.3. The quantitative estimate of drug-likeness (QED) is 0.216. The molecule has 3 atom stereocenters. The second-order valence-electron chi connectivity index (χ2n) is 9.14. The summed E-state index contributed by atoms with van der Waals surface area (Å²) in [7, 11) is 0.976. The largest absolute Gasteiger partial charge is 0.491 e. The number of ether oxygens (including phenoxy) is 4. The summed E-state index contributed by atoms with van der Waals surface area (Å²) in [5.41, 5.74) is -0.580. The van der Waals surface area contributed by atoms with E-state index in [2.05, 4.69) is 4.99 Å². The molecule has 208 valence electrons. The van der Waals surface area contributed by atoms with Gasteiger partial charge < -0.3 is 18.9 Å².